The molecule has 2 N–H and O–H groups in total. The second kappa shape index (κ2) is 9.73. The van der Waals surface area contributed by atoms with Gasteiger partial charge in [0.2, 0.25) is 0 Å². The lowest BCUT2D eigenvalue weighted by atomic mass is 9.55. The van der Waals surface area contributed by atoms with E-state index in [1.54, 1.807) is 6.07 Å². The molecule has 0 spiro atoms. The fourth-order valence-corrected chi connectivity index (χ4v) is 7.03. The van der Waals surface area contributed by atoms with E-state index in [2.05, 4.69) is 10.2 Å². The minimum Gasteiger partial charge on any atom is -0.508 e. The number of nitrogens with one attached hydrogen (secondary N) is 1. The SMILES string of the molecule is CC(=O)O[C@]12CC[C@@H](NC(=O)c3ccc4ccccc4c3)C[C@]1(c1cccc(O)c1)CCN(CC1CC1)C2. The summed E-state index contributed by atoms with van der Waals surface area (Å²) in [5.41, 5.74) is 0.418. The molecule has 2 saturated carbocycles. The van der Waals surface area contributed by atoms with E-state index in [1.807, 2.05) is 60.7 Å². The fraction of sp³-hybridized carbons (Fsp3) is 0.438. The summed E-state index contributed by atoms with van der Waals surface area (Å²) >= 11 is 0. The summed E-state index contributed by atoms with van der Waals surface area (Å²) in [6.07, 6.45) is 5.39. The Balaban J connectivity index is 1.32. The van der Waals surface area contributed by atoms with Gasteiger partial charge in [0.05, 0.1) is 0 Å². The fourth-order valence-electron chi connectivity index (χ4n) is 7.03. The average Bonchev–Trinajstić information content (AvgIpc) is 3.72. The summed E-state index contributed by atoms with van der Waals surface area (Å²) in [7, 11) is 0. The first-order chi connectivity index (χ1) is 18.4. The van der Waals surface area contributed by atoms with Crippen molar-refractivity contribution in [2.45, 2.75) is 62.5 Å². The molecular formula is C32H36N2O4. The minimum absolute atomic E-state index is 0.0741. The number of likely N-dealkylation sites (tertiary alicyclic amines) is 1. The Bertz CT molecular complexity index is 1370. The summed E-state index contributed by atoms with van der Waals surface area (Å²) in [6, 6.07) is 21.2. The minimum atomic E-state index is -0.704. The van der Waals surface area contributed by atoms with Crippen LogP contribution in [0.2, 0.25) is 0 Å². The number of fused-ring (bicyclic) bond motifs is 2. The monoisotopic (exact) mass is 512 g/mol. The first-order valence-electron chi connectivity index (χ1n) is 13.9. The van der Waals surface area contributed by atoms with Gasteiger partial charge in [-0.25, -0.2) is 0 Å². The molecule has 3 aliphatic rings. The first kappa shape index (κ1) is 24.9. The van der Waals surface area contributed by atoms with Gasteiger partial charge in [0.1, 0.15) is 11.4 Å². The molecule has 1 aliphatic heterocycles. The van der Waals surface area contributed by atoms with Crippen molar-refractivity contribution < 1.29 is 19.4 Å². The van der Waals surface area contributed by atoms with Gasteiger partial charge in [-0.1, -0.05) is 42.5 Å². The van der Waals surface area contributed by atoms with Crippen LogP contribution in [0.15, 0.2) is 66.7 Å². The number of ether oxygens (including phenoxy) is 1. The zero-order valence-electron chi connectivity index (χ0n) is 22.0. The van der Waals surface area contributed by atoms with Crippen LogP contribution in [0.5, 0.6) is 5.75 Å². The number of phenolic OH excluding ortho intramolecular Hbond substituents is 1. The molecule has 0 unspecified atom stereocenters. The predicted molar refractivity (Wildman–Crippen MR) is 147 cm³/mol. The van der Waals surface area contributed by atoms with E-state index >= 15 is 0 Å². The van der Waals surface area contributed by atoms with Gasteiger partial charge in [-0.15, -0.1) is 0 Å². The first-order valence-corrected chi connectivity index (χ1v) is 13.9. The molecule has 6 heteroatoms. The van der Waals surface area contributed by atoms with E-state index < -0.39 is 11.0 Å². The van der Waals surface area contributed by atoms with Crippen LogP contribution in [-0.4, -0.2) is 53.2 Å². The zero-order valence-corrected chi connectivity index (χ0v) is 22.0. The number of nitrogens with zero attached hydrogens (tertiary/aromatic N) is 1. The van der Waals surface area contributed by atoms with Gasteiger partial charge in [0.25, 0.3) is 5.91 Å². The van der Waals surface area contributed by atoms with Crippen LogP contribution in [0.1, 0.15) is 61.4 Å². The van der Waals surface area contributed by atoms with Crippen LogP contribution in [0.3, 0.4) is 0 Å². The van der Waals surface area contributed by atoms with Gasteiger partial charge in [0, 0.05) is 37.0 Å². The normalized spacial score (nSPS) is 27.4. The molecule has 3 aromatic rings. The Hall–Kier alpha value is -3.38. The number of aromatic hydroxyl groups is 1. The van der Waals surface area contributed by atoms with E-state index in [0.29, 0.717) is 24.9 Å². The number of hydrogen-bond acceptors (Lipinski definition) is 5. The van der Waals surface area contributed by atoms with Crippen LogP contribution in [-0.2, 0) is 14.9 Å². The molecule has 2 aliphatic carbocycles. The van der Waals surface area contributed by atoms with Crippen LogP contribution in [0, 0.1) is 5.92 Å². The van der Waals surface area contributed by atoms with Gasteiger partial charge in [-0.05, 0) is 91.6 Å². The van der Waals surface area contributed by atoms with Crippen molar-refractivity contribution >= 4 is 22.6 Å². The maximum absolute atomic E-state index is 13.4. The number of carbonyl (C=O) groups is 2. The van der Waals surface area contributed by atoms with Crippen molar-refractivity contribution in [1.82, 2.24) is 10.2 Å². The molecule has 1 heterocycles. The number of piperidine rings is 1. The van der Waals surface area contributed by atoms with E-state index in [9.17, 15) is 14.7 Å². The Labute approximate surface area is 224 Å². The molecule has 38 heavy (non-hydrogen) atoms. The van der Waals surface area contributed by atoms with Crippen molar-refractivity contribution in [3.8, 4) is 5.75 Å². The van der Waals surface area contributed by atoms with Crippen LogP contribution in [0.25, 0.3) is 10.8 Å². The third-order valence-corrected chi connectivity index (χ3v) is 9.00. The summed E-state index contributed by atoms with van der Waals surface area (Å²) in [4.78, 5) is 28.4. The highest BCUT2D eigenvalue weighted by Crippen LogP contribution is 2.54. The Kier molecular flexibility index (Phi) is 6.39. The highest BCUT2D eigenvalue weighted by Gasteiger charge is 2.61. The van der Waals surface area contributed by atoms with Gasteiger partial charge in [-0.3, -0.25) is 14.5 Å². The molecule has 0 bridgehead atoms. The maximum atomic E-state index is 13.4. The summed E-state index contributed by atoms with van der Waals surface area (Å²) in [5.74, 6) is 0.589. The quantitative estimate of drug-likeness (QED) is 0.445. The van der Waals surface area contributed by atoms with Crippen molar-refractivity contribution in [2.24, 2.45) is 5.92 Å². The molecular weight excluding hydrogens is 476 g/mol. The Morgan fingerprint density at radius 1 is 1.00 bits per heavy atom. The smallest absolute Gasteiger partial charge is 0.303 e. The maximum Gasteiger partial charge on any atom is 0.303 e. The third-order valence-electron chi connectivity index (χ3n) is 9.00. The lowest BCUT2D eigenvalue weighted by Crippen LogP contribution is -2.68. The van der Waals surface area contributed by atoms with Gasteiger partial charge < -0.3 is 15.2 Å². The molecule has 3 atom stereocenters. The molecule has 3 fully saturated rings. The standard InChI is InChI=1S/C32H36N2O4/c1-22(35)38-32-14-13-28(33-30(37)26-12-11-24-5-2-3-6-25(24)17-26)19-31(32,27-7-4-8-29(36)18-27)15-16-34(21-32)20-23-9-10-23/h2-8,11-12,17-18,23,28,36H,9-10,13-16,19-21H2,1H3,(H,33,37)/t28-,31+,32+/m1/s1. The van der Waals surface area contributed by atoms with Crippen molar-refractivity contribution in [1.29, 1.82) is 0 Å². The summed E-state index contributed by atoms with van der Waals surface area (Å²) < 4.78 is 6.32. The van der Waals surface area contributed by atoms with Crippen LogP contribution < -0.4 is 5.32 Å². The van der Waals surface area contributed by atoms with E-state index in [-0.39, 0.29) is 23.7 Å². The lowest BCUT2D eigenvalue weighted by molar-refractivity contribution is -0.186. The second-order valence-corrected chi connectivity index (χ2v) is 11.6. The van der Waals surface area contributed by atoms with Gasteiger partial charge in [0.15, 0.2) is 0 Å². The van der Waals surface area contributed by atoms with Gasteiger partial charge >= 0.3 is 5.97 Å². The second-order valence-electron chi connectivity index (χ2n) is 11.6. The summed E-state index contributed by atoms with van der Waals surface area (Å²) in [6.45, 7) is 4.13. The number of hydrogen-bond donors (Lipinski definition) is 2. The van der Waals surface area contributed by atoms with E-state index in [4.69, 9.17) is 4.74 Å². The van der Waals surface area contributed by atoms with Crippen molar-refractivity contribution in [3.05, 3.63) is 77.9 Å². The average molecular weight is 513 g/mol. The van der Waals surface area contributed by atoms with Crippen LogP contribution in [0.4, 0.5) is 0 Å². The van der Waals surface area contributed by atoms with E-state index in [1.165, 1.54) is 19.8 Å². The lowest BCUT2D eigenvalue weighted by Gasteiger charge is -2.59. The number of carbonyl (C=O) groups excluding carboxylic acids is 2. The number of amides is 1. The van der Waals surface area contributed by atoms with Crippen molar-refractivity contribution in [2.75, 3.05) is 19.6 Å². The number of benzene rings is 3. The Morgan fingerprint density at radius 2 is 1.82 bits per heavy atom. The zero-order chi connectivity index (χ0) is 26.3. The molecule has 3 aromatic carbocycles. The largest absolute Gasteiger partial charge is 0.508 e. The highest BCUT2D eigenvalue weighted by atomic mass is 16.6. The molecule has 0 radical (unpaired) electrons. The van der Waals surface area contributed by atoms with Crippen LogP contribution >= 0.6 is 0 Å². The third kappa shape index (κ3) is 4.66. The molecule has 0 aromatic heterocycles. The molecule has 1 amide bonds. The van der Waals surface area contributed by atoms with Crippen molar-refractivity contribution in [3.63, 3.8) is 0 Å². The number of rotatable bonds is 6. The molecule has 6 nitrogen and oxygen atoms in total. The highest BCUT2D eigenvalue weighted by molar-refractivity contribution is 5.98. The number of esters is 1. The summed E-state index contributed by atoms with van der Waals surface area (Å²) in [5, 5.41) is 15.9. The van der Waals surface area contributed by atoms with Gasteiger partial charge in [-0.2, -0.15) is 0 Å². The van der Waals surface area contributed by atoms with E-state index in [0.717, 1.165) is 48.2 Å². The Morgan fingerprint density at radius 3 is 2.58 bits per heavy atom. The topological polar surface area (TPSA) is 78.9 Å². The molecule has 1 saturated heterocycles. The number of phenols is 1. The molecule has 6 rings (SSSR count). The predicted octanol–water partition coefficient (Wildman–Crippen LogP) is 5.18. The molecule has 198 valence electrons.